The highest BCUT2D eigenvalue weighted by Gasteiger charge is 2.33. The molecule has 30 heavy (non-hydrogen) atoms. The summed E-state index contributed by atoms with van der Waals surface area (Å²) in [6.07, 6.45) is -4.10. The van der Waals surface area contributed by atoms with Crippen molar-refractivity contribution in [2.75, 3.05) is 26.7 Å². The van der Waals surface area contributed by atoms with E-state index in [1.165, 1.54) is 0 Å². The van der Waals surface area contributed by atoms with Crippen molar-refractivity contribution < 1.29 is 18.0 Å². The van der Waals surface area contributed by atoms with Crippen LogP contribution in [0.3, 0.4) is 0 Å². The maximum absolute atomic E-state index is 12.6. The predicted octanol–water partition coefficient (Wildman–Crippen LogP) is 3.54. The van der Waals surface area contributed by atoms with E-state index in [0.29, 0.717) is 37.0 Å². The van der Waals surface area contributed by atoms with E-state index in [0.717, 1.165) is 22.3 Å². The minimum absolute atomic E-state index is 0. The fourth-order valence-electron chi connectivity index (χ4n) is 2.52. The standard InChI is InChI=1S/C19H24F3N5OS.HI/c1-3-27(12-14-7-5-4-6-8-14)17(28)11-25-18(23-2)24-10-9-16-26-15(13-29-16)19(20,21)22;/h4-8,13H,3,9-12H2,1-2H3,(H2,23,24,25);1H. The Morgan fingerprint density at radius 2 is 1.93 bits per heavy atom. The van der Waals surface area contributed by atoms with Gasteiger partial charge < -0.3 is 15.5 Å². The molecular formula is C19H25F3IN5OS. The molecule has 1 heterocycles. The molecule has 1 aromatic carbocycles. The quantitative estimate of drug-likeness (QED) is 0.297. The van der Waals surface area contributed by atoms with E-state index in [2.05, 4.69) is 20.6 Å². The minimum Gasteiger partial charge on any atom is -0.356 e. The Bertz CT molecular complexity index is 814. The summed E-state index contributed by atoms with van der Waals surface area (Å²) in [6.45, 7) is 3.43. The van der Waals surface area contributed by atoms with Crippen LogP contribution >= 0.6 is 35.3 Å². The summed E-state index contributed by atoms with van der Waals surface area (Å²) < 4.78 is 37.7. The van der Waals surface area contributed by atoms with Gasteiger partial charge in [-0.05, 0) is 12.5 Å². The average Bonchev–Trinajstić information content (AvgIpc) is 3.18. The van der Waals surface area contributed by atoms with Gasteiger partial charge in [-0.1, -0.05) is 30.3 Å². The van der Waals surface area contributed by atoms with Gasteiger partial charge >= 0.3 is 6.18 Å². The van der Waals surface area contributed by atoms with E-state index >= 15 is 0 Å². The molecule has 0 unspecified atom stereocenters. The van der Waals surface area contributed by atoms with Gasteiger partial charge in [0.2, 0.25) is 5.91 Å². The molecule has 0 saturated heterocycles. The zero-order valence-corrected chi connectivity index (χ0v) is 19.8. The molecule has 0 aliphatic carbocycles. The number of aromatic nitrogens is 1. The van der Waals surface area contributed by atoms with Gasteiger partial charge in [0.1, 0.15) is 0 Å². The van der Waals surface area contributed by atoms with Gasteiger partial charge in [-0.3, -0.25) is 9.79 Å². The van der Waals surface area contributed by atoms with E-state index in [-0.39, 0.29) is 36.4 Å². The number of hydrogen-bond donors (Lipinski definition) is 2. The third-order valence-electron chi connectivity index (χ3n) is 4.05. The van der Waals surface area contributed by atoms with Crippen LogP contribution < -0.4 is 10.6 Å². The summed E-state index contributed by atoms with van der Waals surface area (Å²) in [6, 6.07) is 9.71. The molecular weight excluding hydrogens is 530 g/mol. The Morgan fingerprint density at radius 1 is 1.23 bits per heavy atom. The maximum atomic E-state index is 12.6. The number of halogens is 4. The van der Waals surface area contributed by atoms with Gasteiger partial charge in [-0.15, -0.1) is 35.3 Å². The number of carbonyl (C=O) groups excluding carboxylic acids is 1. The monoisotopic (exact) mass is 555 g/mol. The van der Waals surface area contributed by atoms with Crippen LogP contribution in [-0.4, -0.2) is 48.4 Å². The topological polar surface area (TPSA) is 69.6 Å². The highest BCUT2D eigenvalue weighted by atomic mass is 127. The van der Waals surface area contributed by atoms with Gasteiger partial charge in [0.05, 0.1) is 11.6 Å². The molecule has 6 nitrogen and oxygen atoms in total. The van der Waals surface area contributed by atoms with Crippen molar-refractivity contribution in [2.24, 2.45) is 4.99 Å². The van der Waals surface area contributed by atoms with Crippen molar-refractivity contribution in [1.29, 1.82) is 0 Å². The number of benzene rings is 1. The predicted molar refractivity (Wildman–Crippen MR) is 123 cm³/mol. The summed E-state index contributed by atoms with van der Waals surface area (Å²) in [5.74, 6) is 0.329. The second-order valence-corrected chi connectivity index (χ2v) is 7.06. The van der Waals surface area contributed by atoms with E-state index in [4.69, 9.17) is 0 Å². The van der Waals surface area contributed by atoms with Gasteiger partial charge in [-0.25, -0.2) is 4.98 Å². The molecule has 2 aromatic rings. The zero-order chi connectivity index (χ0) is 21.3. The molecule has 0 aliphatic heterocycles. The second-order valence-electron chi connectivity index (χ2n) is 6.12. The van der Waals surface area contributed by atoms with Crippen molar-refractivity contribution in [3.8, 4) is 0 Å². The summed E-state index contributed by atoms with van der Waals surface area (Å²) in [5, 5.41) is 7.31. The van der Waals surface area contributed by atoms with Gasteiger partial charge in [0.15, 0.2) is 11.7 Å². The third-order valence-corrected chi connectivity index (χ3v) is 4.96. The lowest BCUT2D eigenvalue weighted by molar-refractivity contribution is -0.140. The number of thiazole rings is 1. The lowest BCUT2D eigenvalue weighted by atomic mass is 10.2. The Hall–Kier alpha value is -1.89. The molecule has 1 aromatic heterocycles. The molecule has 0 saturated carbocycles. The molecule has 0 atom stereocenters. The lowest BCUT2D eigenvalue weighted by Crippen LogP contribution is -2.44. The molecule has 2 rings (SSSR count). The molecule has 0 bridgehead atoms. The first-order chi connectivity index (χ1) is 13.8. The van der Waals surface area contributed by atoms with Crippen molar-refractivity contribution in [2.45, 2.75) is 26.1 Å². The van der Waals surface area contributed by atoms with Crippen molar-refractivity contribution >= 4 is 47.2 Å². The van der Waals surface area contributed by atoms with Crippen LogP contribution in [0.15, 0.2) is 40.7 Å². The number of amides is 1. The Balaban J connectivity index is 0.00000450. The van der Waals surface area contributed by atoms with Crippen molar-refractivity contribution in [1.82, 2.24) is 20.5 Å². The van der Waals surface area contributed by atoms with Crippen LogP contribution in [0.25, 0.3) is 0 Å². The molecule has 0 spiro atoms. The van der Waals surface area contributed by atoms with Crippen molar-refractivity contribution in [3.05, 3.63) is 52.0 Å². The number of carbonyl (C=O) groups is 1. The summed E-state index contributed by atoms with van der Waals surface area (Å²) in [7, 11) is 1.56. The van der Waals surface area contributed by atoms with E-state index < -0.39 is 11.9 Å². The molecule has 1 amide bonds. The Kier molecular flexibility index (Phi) is 11.1. The first-order valence-corrected chi connectivity index (χ1v) is 9.99. The molecule has 11 heteroatoms. The van der Waals surface area contributed by atoms with Crippen LogP contribution in [0, 0.1) is 0 Å². The molecule has 166 valence electrons. The molecule has 0 aliphatic rings. The Labute approximate surface area is 195 Å². The average molecular weight is 555 g/mol. The fourth-order valence-corrected chi connectivity index (χ4v) is 3.32. The first-order valence-electron chi connectivity index (χ1n) is 9.11. The van der Waals surface area contributed by atoms with Crippen LogP contribution in [-0.2, 0) is 23.9 Å². The largest absolute Gasteiger partial charge is 0.434 e. The highest BCUT2D eigenvalue weighted by Crippen LogP contribution is 2.29. The number of aliphatic imine (C=N–C) groups is 1. The summed E-state index contributed by atoms with van der Waals surface area (Å²) in [5.41, 5.74) is 0.176. The fraction of sp³-hybridized carbons (Fsp3) is 0.421. The Morgan fingerprint density at radius 3 is 2.50 bits per heavy atom. The maximum Gasteiger partial charge on any atom is 0.434 e. The van der Waals surface area contributed by atoms with E-state index in [1.54, 1.807) is 11.9 Å². The molecule has 2 N–H and O–H groups in total. The molecule has 0 fully saturated rings. The third kappa shape index (κ3) is 8.46. The van der Waals surface area contributed by atoms with Gasteiger partial charge in [-0.2, -0.15) is 13.2 Å². The van der Waals surface area contributed by atoms with E-state index in [1.807, 2.05) is 37.3 Å². The number of nitrogens with zero attached hydrogens (tertiary/aromatic N) is 3. The highest BCUT2D eigenvalue weighted by molar-refractivity contribution is 14.0. The van der Waals surface area contributed by atoms with Crippen molar-refractivity contribution in [3.63, 3.8) is 0 Å². The first kappa shape index (κ1) is 26.1. The zero-order valence-electron chi connectivity index (χ0n) is 16.7. The van der Waals surface area contributed by atoms with E-state index in [9.17, 15) is 18.0 Å². The van der Waals surface area contributed by atoms with Gasteiger partial charge in [0, 0.05) is 38.5 Å². The van der Waals surface area contributed by atoms with Crippen LogP contribution in [0.5, 0.6) is 0 Å². The van der Waals surface area contributed by atoms with Crippen LogP contribution in [0.1, 0.15) is 23.2 Å². The number of rotatable bonds is 8. The summed E-state index contributed by atoms with van der Waals surface area (Å²) in [4.78, 5) is 21.8. The number of guanidine groups is 1. The number of likely N-dealkylation sites (N-methyl/N-ethyl adjacent to an activating group) is 1. The summed E-state index contributed by atoms with van der Waals surface area (Å²) >= 11 is 0.970. The number of nitrogens with one attached hydrogen (secondary N) is 2. The smallest absolute Gasteiger partial charge is 0.356 e. The minimum atomic E-state index is -4.43. The number of alkyl halides is 3. The second kappa shape index (κ2) is 12.7. The van der Waals surface area contributed by atoms with Crippen LogP contribution in [0.4, 0.5) is 13.2 Å². The SMILES string of the molecule is CCN(Cc1ccccc1)C(=O)CNC(=NC)NCCc1nc(C(F)(F)F)cs1.I. The van der Waals surface area contributed by atoms with Gasteiger partial charge in [0.25, 0.3) is 0 Å². The normalized spacial score (nSPS) is 11.6. The number of hydrogen-bond acceptors (Lipinski definition) is 4. The lowest BCUT2D eigenvalue weighted by Gasteiger charge is -2.22. The van der Waals surface area contributed by atoms with Crippen LogP contribution in [0.2, 0.25) is 0 Å². The molecule has 0 radical (unpaired) electrons.